The molecule has 0 saturated heterocycles. The molecule has 0 heterocycles. The molecule has 1 rings (SSSR count). The molecule has 0 atom stereocenters. The SMILES string of the molecule is FC(F)(F)C=C=C1CC1.[Br-].[Li+]. The first kappa shape index (κ1) is 13.9. The zero-order valence-electron chi connectivity index (χ0n) is 6.00. The molecular formula is C6H5BrF3Li. The zero-order chi connectivity index (χ0) is 6.91. The quantitative estimate of drug-likeness (QED) is 0.293. The van der Waals surface area contributed by atoms with E-state index in [2.05, 4.69) is 5.73 Å². The van der Waals surface area contributed by atoms with E-state index in [4.69, 9.17) is 0 Å². The largest absolute Gasteiger partial charge is 1.00 e. The van der Waals surface area contributed by atoms with Gasteiger partial charge in [-0.3, -0.25) is 0 Å². The molecule has 0 aliphatic heterocycles. The molecule has 0 aromatic carbocycles. The van der Waals surface area contributed by atoms with E-state index in [1.54, 1.807) is 0 Å². The van der Waals surface area contributed by atoms with Crippen molar-refractivity contribution in [3.8, 4) is 0 Å². The van der Waals surface area contributed by atoms with Crippen molar-refractivity contribution >= 4 is 0 Å². The van der Waals surface area contributed by atoms with E-state index in [0.717, 1.165) is 18.4 Å². The summed E-state index contributed by atoms with van der Waals surface area (Å²) in [6, 6.07) is 0. The molecule has 0 amide bonds. The molecule has 0 N–H and O–H groups in total. The summed E-state index contributed by atoms with van der Waals surface area (Å²) in [6.45, 7) is 0. The van der Waals surface area contributed by atoms with E-state index in [0.29, 0.717) is 0 Å². The molecule has 0 aromatic heterocycles. The van der Waals surface area contributed by atoms with Crippen molar-refractivity contribution in [2.24, 2.45) is 0 Å². The number of rotatable bonds is 0. The fourth-order valence-electron chi connectivity index (χ4n) is 0.391. The van der Waals surface area contributed by atoms with E-state index in [-0.39, 0.29) is 41.9 Å². The van der Waals surface area contributed by atoms with Crippen molar-refractivity contribution in [2.75, 3.05) is 0 Å². The molecule has 1 aliphatic rings. The van der Waals surface area contributed by atoms with Gasteiger partial charge in [0.05, 0.1) is 6.08 Å². The van der Waals surface area contributed by atoms with Gasteiger partial charge >= 0.3 is 25.0 Å². The van der Waals surface area contributed by atoms with Gasteiger partial charge < -0.3 is 17.0 Å². The molecule has 0 spiro atoms. The van der Waals surface area contributed by atoms with Crippen molar-refractivity contribution < 1.29 is 49.0 Å². The molecule has 1 saturated carbocycles. The number of halogens is 4. The van der Waals surface area contributed by atoms with Gasteiger partial charge in [0, 0.05) is 0 Å². The molecule has 0 aromatic rings. The molecule has 58 valence electrons. The van der Waals surface area contributed by atoms with Crippen LogP contribution in [0.5, 0.6) is 0 Å². The van der Waals surface area contributed by atoms with E-state index in [9.17, 15) is 13.2 Å². The Morgan fingerprint density at radius 1 is 1.27 bits per heavy atom. The zero-order valence-corrected chi connectivity index (χ0v) is 7.59. The van der Waals surface area contributed by atoms with Gasteiger partial charge in [0.2, 0.25) is 0 Å². The third-order valence-electron chi connectivity index (χ3n) is 0.940. The Balaban J connectivity index is 0. The number of alkyl halides is 3. The molecule has 0 radical (unpaired) electrons. The average Bonchev–Trinajstić information content (AvgIpc) is 2.38. The van der Waals surface area contributed by atoms with E-state index >= 15 is 0 Å². The summed E-state index contributed by atoms with van der Waals surface area (Å²) in [4.78, 5) is 0. The normalized spacial score (nSPS) is 13.9. The Morgan fingerprint density at radius 3 is 2.00 bits per heavy atom. The van der Waals surface area contributed by atoms with Crippen molar-refractivity contribution in [3.63, 3.8) is 0 Å². The van der Waals surface area contributed by atoms with Gasteiger partial charge in [-0.15, -0.1) is 5.73 Å². The minimum Gasteiger partial charge on any atom is -1.00 e. The Labute approximate surface area is 85.5 Å². The van der Waals surface area contributed by atoms with Crippen LogP contribution in [0.25, 0.3) is 0 Å². The van der Waals surface area contributed by atoms with Gasteiger partial charge in [-0.1, -0.05) is 0 Å². The van der Waals surface area contributed by atoms with Gasteiger partial charge in [-0.25, -0.2) is 0 Å². The summed E-state index contributed by atoms with van der Waals surface area (Å²) < 4.78 is 33.9. The maximum Gasteiger partial charge on any atom is 1.00 e. The maximum atomic E-state index is 11.3. The van der Waals surface area contributed by atoms with Crippen LogP contribution in [0, 0.1) is 0 Å². The monoisotopic (exact) mass is 220 g/mol. The second-order valence-electron chi connectivity index (χ2n) is 1.93. The summed E-state index contributed by atoms with van der Waals surface area (Å²) in [6.07, 6.45) is -2.45. The van der Waals surface area contributed by atoms with Crippen LogP contribution in [0.1, 0.15) is 12.8 Å². The Bertz CT molecular complexity index is 173. The molecule has 5 heteroatoms. The topological polar surface area (TPSA) is 0 Å². The third-order valence-corrected chi connectivity index (χ3v) is 0.940. The summed E-state index contributed by atoms with van der Waals surface area (Å²) >= 11 is 0. The van der Waals surface area contributed by atoms with Crippen LogP contribution in [0.2, 0.25) is 0 Å². The van der Waals surface area contributed by atoms with Gasteiger partial charge in [-0.05, 0) is 18.4 Å². The Hall–Kier alpha value is 0.387. The first-order valence-corrected chi connectivity index (χ1v) is 2.60. The smallest absolute Gasteiger partial charge is 1.00 e. The molecule has 0 unspecified atom stereocenters. The first-order chi connectivity index (χ1) is 4.08. The van der Waals surface area contributed by atoms with Crippen LogP contribution in [-0.2, 0) is 0 Å². The minimum absolute atomic E-state index is 0. The fraction of sp³-hybridized carbons (Fsp3) is 0.500. The summed E-state index contributed by atoms with van der Waals surface area (Å²) in [7, 11) is 0. The molecule has 11 heavy (non-hydrogen) atoms. The Morgan fingerprint density at radius 2 is 1.73 bits per heavy atom. The first-order valence-electron chi connectivity index (χ1n) is 2.60. The molecule has 0 nitrogen and oxygen atoms in total. The van der Waals surface area contributed by atoms with Crippen molar-refractivity contribution in [1.29, 1.82) is 0 Å². The van der Waals surface area contributed by atoms with Crippen LogP contribution in [0.4, 0.5) is 13.2 Å². The summed E-state index contributed by atoms with van der Waals surface area (Å²) in [5, 5.41) is 0. The standard InChI is InChI=1S/C6H5F3.BrH.Li/c7-6(8,9)4-3-5-1-2-5;;/h4H,1-2H2;1H;/q;;+1/p-1. The van der Waals surface area contributed by atoms with E-state index < -0.39 is 6.18 Å². The molecule has 0 bridgehead atoms. The second kappa shape index (κ2) is 5.11. The number of hydrogen-bond donors (Lipinski definition) is 0. The second-order valence-corrected chi connectivity index (χ2v) is 1.93. The Kier molecular flexibility index (Phi) is 6.47. The van der Waals surface area contributed by atoms with Crippen molar-refractivity contribution in [2.45, 2.75) is 19.0 Å². The van der Waals surface area contributed by atoms with Crippen LogP contribution in [0.3, 0.4) is 0 Å². The maximum absolute atomic E-state index is 11.3. The van der Waals surface area contributed by atoms with Crippen LogP contribution in [-0.4, -0.2) is 6.18 Å². The molecule has 1 aliphatic carbocycles. The fourth-order valence-corrected chi connectivity index (χ4v) is 0.391. The van der Waals surface area contributed by atoms with Crippen LogP contribution < -0.4 is 35.8 Å². The minimum atomic E-state index is -4.18. The predicted octanol–water partition coefficient (Wildman–Crippen LogP) is -3.57. The third kappa shape index (κ3) is 8.29. The average molecular weight is 221 g/mol. The van der Waals surface area contributed by atoms with Gasteiger partial charge in [0.25, 0.3) is 0 Å². The van der Waals surface area contributed by atoms with E-state index in [1.165, 1.54) is 0 Å². The van der Waals surface area contributed by atoms with Gasteiger partial charge in [0.15, 0.2) is 0 Å². The van der Waals surface area contributed by atoms with Crippen molar-refractivity contribution in [3.05, 3.63) is 17.4 Å². The number of hydrogen-bond acceptors (Lipinski definition) is 0. The predicted molar refractivity (Wildman–Crippen MR) is 26.9 cm³/mol. The van der Waals surface area contributed by atoms with Gasteiger partial charge in [-0.2, -0.15) is 13.2 Å². The summed E-state index contributed by atoms with van der Waals surface area (Å²) in [5.41, 5.74) is 2.93. The van der Waals surface area contributed by atoms with Crippen LogP contribution in [0.15, 0.2) is 17.4 Å². The van der Waals surface area contributed by atoms with Crippen molar-refractivity contribution in [1.82, 2.24) is 0 Å². The van der Waals surface area contributed by atoms with Gasteiger partial charge in [0.1, 0.15) is 0 Å². The molecule has 1 fully saturated rings. The van der Waals surface area contributed by atoms with Crippen LogP contribution >= 0.6 is 0 Å². The van der Waals surface area contributed by atoms with E-state index in [1.807, 2.05) is 0 Å². The summed E-state index contributed by atoms with van der Waals surface area (Å²) in [5.74, 6) is 0. The number of allylic oxidation sites excluding steroid dienone is 1. The molecular weight excluding hydrogens is 216 g/mol.